The molecule has 3 aromatic rings. The van der Waals surface area contributed by atoms with Crippen LogP contribution in [0, 0.1) is 18.3 Å². The summed E-state index contributed by atoms with van der Waals surface area (Å²) >= 11 is 0. The smallest absolute Gasteiger partial charge is 0.318 e. The molecule has 0 aliphatic carbocycles. The van der Waals surface area contributed by atoms with Crippen molar-refractivity contribution in [3.63, 3.8) is 0 Å². The number of piperidine rings is 1. The zero-order valence-electron chi connectivity index (χ0n) is 15.6. The average Bonchev–Trinajstić information content (AvgIpc) is 3.18. The van der Waals surface area contributed by atoms with E-state index in [0.29, 0.717) is 29.0 Å². The molecule has 2 saturated heterocycles. The van der Waals surface area contributed by atoms with Gasteiger partial charge in [-0.2, -0.15) is 10.4 Å². The van der Waals surface area contributed by atoms with E-state index in [1.807, 2.05) is 36.2 Å². The van der Waals surface area contributed by atoms with Gasteiger partial charge in [0.1, 0.15) is 11.6 Å². The zero-order valence-corrected chi connectivity index (χ0v) is 15.6. The lowest BCUT2D eigenvalue weighted by atomic mass is 9.80. The van der Waals surface area contributed by atoms with Crippen LogP contribution in [0.1, 0.15) is 36.9 Å². The lowest BCUT2D eigenvalue weighted by Gasteiger charge is -2.52. The van der Waals surface area contributed by atoms with E-state index in [4.69, 9.17) is 0 Å². The molecule has 140 valence electrons. The first-order valence-electron chi connectivity index (χ1n) is 9.59. The SMILES string of the molecule is Cc1ccc(NC(=O)N2C3CCCC2C3)cc1-c1cn2nccc2c(C#N)n1. The first-order chi connectivity index (χ1) is 13.6. The molecule has 0 spiro atoms. The van der Waals surface area contributed by atoms with Crippen LogP contribution in [0.25, 0.3) is 16.8 Å². The van der Waals surface area contributed by atoms with Gasteiger partial charge in [0.25, 0.3) is 0 Å². The van der Waals surface area contributed by atoms with Crippen LogP contribution in [0.2, 0.25) is 0 Å². The fraction of sp³-hybridized carbons (Fsp3) is 0.333. The molecule has 2 aliphatic heterocycles. The number of carbonyl (C=O) groups is 1. The minimum Gasteiger partial charge on any atom is -0.318 e. The second kappa shape index (κ2) is 6.34. The van der Waals surface area contributed by atoms with Crippen LogP contribution in [-0.2, 0) is 0 Å². The number of rotatable bonds is 2. The molecule has 2 unspecified atom stereocenters. The van der Waals surface area contributed by atoms with Gasteiger partial charge < -0.3 is 10.2 Å². The number of hydrogen-bond donors (Lipinski definition) is 1. The number of benzene rings is 1. The Kier molecular flexibility index (Phi) is 3.79. The fourth-order valence-electron chi connectivity index (χ4n) is 4.44. The Balaban J connectivity index is 1.47. The number of hydrogen-bond acceptors (Lipinski definition) is 4. The van der Waals surface area contributed by atoms with E-state index in [9.17, 15) is 10.1 Å². The van der Waals surface area contributed by atoms with E-state index in [2.05, 4.69) is 21.5 Å². The third kappa shape index (κ3) is 2.61. The van der Waals surface area contributed by atoms with Gasteiger partial charge in [0, 0.05) is 23.3 Å². The number of fused-ring (bicyclic) bond motifs is 3. The first-order valence-corrected chi connectivity index (χ1v) is 9.59. The molecule has 7 nitrogen and oxygen atoms in total. The molecule has 28 heavy (non-hydrogen) atoms. The summed E-state index contributed by atoms with van der Waals surface area (Å²) in [5.41, 5.74) is 4.28. The highest BCUT2D eigenvalue weighted by Gasteiger charge is 2.44. The van der Waals surface area contributed by atoms with Crippen LogP contribution in [0.3, 0.4) is 0 Å². The Morgan fingerprint density at radius 2 is 2.11 bits per heavy atom. The number of carbonyl (C=O) groups excluding carboxylic acids is 1. The van der Waals surface area contributed by atoms with E-state index >= 15 is 0 Å². The van der Waals surface area contributed by atoms with Crippen LogP contribution in [0.15, 0.2) is 36.7 Å². The molecule has 2 aromatic heterocycles. The maximum absolute atomic E-state index is 12.7. The molecule has 0 saturated carbocycles. The summed E-state index contributed by atoms with van der Waals surface area (Å²) in [6.07, 6.45) is 8.02. The van der Waals surface area contributed by atoms with E-state index in [0.717, 1.165) is 36.1 Å². The molecule has 5 rings (SSSR count). The van der Waals surface area contributed by atoms with E-state index in [1.165, 1.54) is 6.42 Å². The maximum Gasteiger partial charge on any atom is 0.322 e. The molecule has 0 radical (unpaired) electrons. The highest BCUT2D eigenvalue weighted by Crippen LogP contribution is 2.38. The van der Waals surface area contributed by atoms with E-state index in [-0.39, 0.29) is 6.03 Å². The number of anilines is 1. The summed E-state index contributed by atoms with van der Waals surface area (Å²) in [6.45, 7) is 1.99. The summed E-state index contributed by atoms with van der Waals surface area (Å²) in [4.78, 5) is 19.2. The Bertz CT molecular complexity index is 1110. The van der Waals surface area contributed by atoms with Crippen molar-refractivity contribution < 1.29 is 4.79 Å². The van der Waals surface area contributed by atoms with Crippen molar-refractivity contribution in [1.82, 2.24) is 19.5 Å². The van der Waals surface area contributed by atoms with Gasteiger partial charge in [-0.1, -0.05) is 6.07 Å². The van der Waals surface area contributed by atoms with Crippen molar-refractivity contribution >= 4 is 17.2 Å². The molecule has 2 fully saturated rings. The van der Waals surface area contributed by atoms with Gasteiger partial charge >= 0.3 is 6.03 Å². The minimum absolute atomic E-state index is 0.0241. The standard InChI is InChI=1S/C21H20N6O/c1-13-5-6-14(24-21(28)27-15-3-2-4-16(27)10-15)9-17(13)19-12-26-20(7-8-23-26)18(11-22)25-19/h5-9,12,15-16H,2-4,10H2,1H3,(H,24,28). The summed E-state index contributed by atoms with van der Waals surface area (Å²) in [5, 5.41) is 16.7. The lowest BCUT2D eigenvalue weighted by molar-refractivity contribution is 0.0173. The Hall–Kier alpha value is -3.40. The number of urea groups is 1. The molecular formula is C21H20N6O. The average molecular weight is 372 g/mol. The van der Waals surface area contributed by atoms with Crippen molar-refractivity contribution in [2.75, 3.05) is 5.32 Å². The number of amides is 2. The first kappa shape index (κ1) is 16.8. The Morgan fingerprint density at radius 3 is 2.86 bits per heavy atom. The second-order valence-electron chi connectivity index (χ2n) is 7.59. The van der Waals surface area contributed by atoms with Crippen LogP contribution in [-0.4, -0.2) is 37.6 Å². The molecule has 2 bridgehead atoms. The maximum atomic E-state index is 12.7. The molecule has 4 heterocycles. The lowest BCUT2D eigenvalue weighted by Crippen LogP contribution is -2.62. The van der Waals surface area contributed by atoms with Gasteiger partial charge in [-0.05, 0) is 56.4 Å². The molecule has 1 N–H and O–H groups in total. The van der Waals surface area contributed by atoms with Gasteiger partial charge in [-0.25, -0.2) is 14.3 Å². The van der Waals surface area contributed by atoms with Gasteiger partial charge in [-0.15, -0.1) is 0 Å². The largest absolute Gasteiger partial charge is 0.322 e. The number of nitrogens with zero attached hydrogens (tertiary/aromatic N) is 5. The summed E-state index contributed by atoms with van der Waals surface area (Å²) in [6, 6.07) is 10.5. The highest BCUT2D eigenvalue weighted by molar-refractivity contribution is 5.91. The Labute approximate surface area is 162 Å². The summed E-state index contributed by atoms with van der Waals surface area (Å²) < 4.78 is 1.66. The zero-order chi connectivity index (χ0) is 19.3. The topological polar surface area (TPSA) is 86.3 Å². The van der Waals surface area contributed by atoms with Gasteiger partial charge in [0.15, 0.2) is 5.69 Å². The molecular weight excluding hydrogens is 352 g/mol. The number of nitrogens with one attached hydrogen (secondary N) is 1. The normalized spacial score (nSPS) is 20.5. The van der Waals surface area contributed by atoms with Gasteiger partial charge in [0.2, 0.25) is 0 Å². The van der Waals surface area contributed by atoms with E-state index in [1.54, 1.807) is 16.8 Å². The van der Waals surface area contributed by atoms with E-state index < -0.39 is 0 Å². The second-order valence-corrected chi connectivity index (χ2v) is 7.59. The highest BCUT2D eigenvalue weighted by atomic mass is 16.2. The number of aromatic nitrogens is 3. The third-order valence-corrected chi connectivity index (χ3v) is 5.90. The molecule has 2 amide bonds. The van der Waals surface area contributed by atoms with Gasteiger partial charge in [0.05, 0.1) is 18.1 Å². The predicted octanol–water partition coefficient (Wildman–Crippen LogP) is 3.74. The van der Waals surface area contributed by atoms with Crippen LogP contribution >= 0.6 is 0 Å². The fourth-order valence-corrected chi connectivity index (χ4v) is 4.44. The predicted molar refractivity (Wildman–Crippen MR) is 105 cm³/mol. The van der Waals surface area contributed by atoms with Crippen LogP contribution in [0.4, 0.5) is 10.5 Å². The van der Waals surface area contributed by atoms with Crippen LogP contribution in [0.5, 0.6) is 0 Å². The van der Waals surface area contributed by atoms with Crippen LogP contribution < -0.4 is 5.32 Å². The van der Waals surface area contributed by atoms with Crippen molar-refractivity contribution in [2.24, 2.45) is 0 Å². The number of nitriles is 1. The van der Waals surface area contributed by atoms with Crippen molar-refractivity contribution in [3.05, 3.63) is 47.9 Å². The summed E-state index contributed by atoms with van der Waals surface area (Å²) in [7, 11) is 0. The molecule has 7 heteroatoms. The van der Waals surface area contributed by atoms with Crippen molar-refractivity contribution in [3.8, 4) is 17.3 Å². The van der Waals surface area contributed by atoms with Crippen molar-refractivity contribution in [2.45, 2.75) is 44.7 Å². The number of aryl methyl sites for hydroxylation is 1. The third-order valence-electron chi connectivity index (χ3n) is 5.90. The Morgan fingerprint density at radius 1 is 1.29 bits per heavy atom. The molecule has 2 aliphatic rings. The quantitative estimate of drug-likeness (QED) is 0.742. The molecule has 1 aromatic carbocycles. The monoisotopic (exact) mass is 372 g/mol. The molecule has 2 atom stereocenters. The van der Waals surface area contributed by atoms with Crippen molar-refractivity contribution in [1.29, 1.82) is 5.26 Å². The minimum atomic E-state index is -0.0241. The summed E-state index contributed by atoms with van der Waals surface area (Å²) in [5.74, 6) is 0. The van der Waals surface area contributed by atoms with Gasteiger partial charge in [-0.3, -0.25) is 0 Å².